The molecular weight excluding hydrogens is 260 g/mol. The highest BCUT2D eigenvalue weighted by Crippen LogP contribution is 2.28. The number of benzene rings is 1. The lowest BCUT2D eigenvalue weighted by atomic mass is 10.1. The number of nitrogens with two attached hydrogens (primary N) is 1. The number of nitrogens with zero attached hydrogens (tertiary/aromatic N) is 2. The molecule has 0 radical (unpaired) electrons. The Morgan fingerprint density at radius 3 is 2.81 bits per heavy atom. The molecule has 1 aliphatic carbocycles. The number of hydrogen-bond donors (Lipinski definition) is 2. The van der Waals surface area contributed by atoms with E-state index in [4.69, 9.17) is 5.73 Å². The summed E-state index contributed by atoms with van der Waals surface area (Å²) in [4.78, 5) is 6.97. The molecule has 1 aromatic rings. The number of aliphatic imine (C=N–C) groups is 1. The van der Waals surface area contributed by atoms with E-state index in [1.54, 1.807) is 0 Å². The van der Waals surface area contributed by atoms with Gasteiger partial charge in [-0.15, -0.1) is 0 Å². The summed E-state index contributed by atoms with van der Waals surface area (Å²) in [6, 6.07) is 9.66. The minimum Gasteiger partial charge on any atom is -0.370 e. The van der Waals surface area contributed by atoms with Gasteiger partial charge in [0.05, 0.1) is 6.54 Å². The van der Waals surface area contributed by atoms with E-state index in [1.165, 1.54) is 18.4 Å². The molecule has 0 unspecified atom stereocenters. The van der Waals surface area contributed by atoms with Gasteiger partial charge >= 0.3 is 0 Å². The molecule has 21 heavy (non-hydrogen) atoms. The number of rotatable bonds is 7. The van der Waals surface area contributed by atoms with Gasteiger partial charge in [0.15, 0.2) is 5.96 Å². The minimum atomic E-state index is 0.503. The van der Waals surface area contributed by atoms with Gasteiger partial charge in [-0.3, -0.25) is 9.89 Å². The number of anilines is 1. The summed E-state index contributed by atoms with van der Waals surface area (Å²) in [5.74, 6) is 0.503. The van der Waals surface area contributed by atoms with E-state index in [9.17, 15) is 0 Å². The molecule has 1 aliphatic rings. The lowest BCUT2D eigenvalue weighted by molar-refractivity contribution is 0.218. The Balaban J connectivity index is 1.83. The molecule has 0 bridgehead atoms. The number of hydrogen-bond acceptors (Lipinski definition) is 2. The standard InChI is InChI=1S/C17H28N4/c1-4-14-6-5-7-15(12-14)20-17(18)19-10-11-21(13(2)3)16-8-9-16/h5-7,12-13,16H,4,8-11H2,1-3H3,(H3,18,19,20). The summed E-state index contributed by atoms with van der Waals surface area (Å²) in [6.07, 6.45) is 3.69. The molecule has 0 spiro atoms. The SMILES string of the molecule is CCc1cccc(NC(N)=NCCN(C(C)C)C2CC2)c1. The zero-order valence-electron chi connectivity index (χ0n) is 13.5. The van der Waals surface area contributed by atoms with Crippen LogP contribution in [0.15, 0.2) is 29.3 Å². The summed E-state index contributed by atoms with van der Waals surface area (Å²) in [7, 11) is 0. The molecule has 0 aromatic heterocycles. The van der Waals surface area contributed by atoms with E-state index in [1.807, 2.05) is 12.1 Å². The summed E-state index contributed by atoms with van der Waals surface area (Å²) >= 11 is 0. The Hall–Kier alpha value is -1.55. The molecule has 4 heteroatoms. The second-order valence-electron chi connectivity index (χ2n) is 6.01. The maximum absolute atomic E-state index is 5.97. The van der Waals surface area contributed by atoms with Gasteiger partial charge in [0.25, 0.3) is 0 Å². The molecule has 2 rings (SSSR count). The van der Waals surface area contributed by atoms with E-state index < -0.39 is 0 Å². The Morgan fingerprint density at radius 1 is 1.43 bits per heavy atom. The van der Waals surface area contributed by atoms with Crippen molar-refractivity contribution in [2.45, 2.75) is 52.1 Å². The van der Waals surface area contributed by atoms with Gasteiger partial charge in [-0.25, -0.2) is 0 Å². The van der Waals surface area contributed by atoms with E-state index in [0.29, 0.717) is 12.0 Å². The van der Waals surface area contributed by atoms with Crippen LogP contribution in [-0.4, -0.2) is 36.0 Å². The van der Waals surface area contributed by atoms with Gasteiger partial charge < -0.3 is 11.1 Å². The van der Waals surface area contributed by atoms with Crippen molar-refractivity contribution in [2.75, 3.05) is 18.4 Å². The van der Waals surface area contributed by atoms with Crippen LogP contribution in [-0.2, 0) is 6.42 Å². The molecule has 1 saturated carbocycles. The number of aryl methyl sites for hydroxylation is 1. The van der Waals surface area contributed by atoms with Gasteiger partial charge in [0.2, 0.25) is 0 Å². The third-order valence-electron chi connectivity index (χ3n) is 3.93. The summed E-state index contributed by atoms with van der Waals surface area (Å²) in [5, 5.41) is 3.17. The van der Waals surface area contributed by atoms with Crippen LogP contribution in [0.5, 0.6) is 0 Å². The first-order valence-corrected chi connectivity index (χ1v) is 8.01. The molecule has 0 saturated heterocycles. The summed E-state index contributed by atoms with van der Waals surface area (Å²) in [6.45, 7) is 8.38. The zero-order chi connectivity index (χ0) is 15.2. The highest BCUT2D eigenvalue weighted by molar-refractivity contribution is 5.92. The van der Waals surface area contributed by atoms with E-state index in [0.717, 1.165) is 31.2 Å². The molecule has 1 fully saturated rings. The van der Waals surface area contributed by atoms with E-state index >= 15 is 0 Å². The van der Waals surface area contributed by atoms with Crippen molar-refractivity contribution >= 4 is 11.6 Å². The van der Waals surface area contributed by atoms with E-state index in [-0.39, 0.29) is 0 Å². The predicted molar refractivity (Wildman–Crippen MR) is 90.8 cm³/mol. The van der Waals surface area contributed by atoms with Crippen LogP contribution in [0.25, 0.3) is 0 Å². The van der Waals surface area contributed by atoms with Gasteiger partial charge in [0, 0.05) is 24.3 Å². The smallest absolute Gasteiger partial charge is 0.193 e. The molecule has 4 nitrogen and oxygen atoms in total. The van der Waals surface area contributed by atoms with Crippen LogP contribution in [0.4, 0.5) is 5.69 Å². The Labute approximate surface area is 128 Å². The maximum atomic E-state index is 5.97. The first kappa shape index (κ1) is 15.8. The van der Waals surface area contributed by atoms with Crippen LogP contribution in [0.1, 0.15) is 39.2 Å². The van der Waals surface area contributed by atoms with Crippen LogP contribution in [0.3, 0.4) is 0 Å². The highest BCUT2D eigenvalue weighted by atomic mass is 15.2. The lowest BCUT2D eigenvalue weighted by Gasteiger charge is -2.25. The van der Waals surface area contributed by atoms with Gasteiger partial charge in [-0.1, -0.05) is 19.1 Å². The largest absolute Gasteiger partial charge is 0.370 e. The molecule has 0 atom stereocenters. The van der Waals surface area contributed by atoms with Crippen molar-refractivity contribution in [1.82, 2.24) is 4.90 Å². The molecule has 116 valence electrons. The topological polar surface area (TPSA) is 53.6 Å². The third kappa shape index (κ3) is 5.05. The van der Waals surface area contributed by atoms with Crippen molar-refractivity contribution < 1.29 is 0 Å². The molecule has 1 aromatic carbocycles. The second kappa shape index (κ2) is 7.46. The fourth-order valence-corrected chi connectivity index (χ4v) is 2.61. The first-order chi connectivity index (χ1) is 10.1. The average Bonchev–Trinajstić information content (AvgIpc) is 3.28. The van der Waals surface area contributed by atoms with Gasteiger partial charge in [-0.2, -0.15) is 0 Å². The predicted octanol–water partition coefficient (Wildman–Crippen LogP) is 2.85. The van der Waals surface area contributed by atoms with Crippen molar-refractivity contribution in [2.24, 2.45) is 10.7 Å². The van der Waals surface area contributed by atoms with Gasteiger partial charge in [-0.05, 0) is 50.8 Å². The Kier molecular flexibility index (Phi) is 5.62. The first-order valence-electron chi connectivity index (χ1n) is 8.01. The maximum Gasteiger partial charge on any atom is 0.193 e. The molecule has 3 N–H and O–H groups in total. The molecule has 0 heterocycles. The normalized spacial score (nSPS) is 15.8. The van der Waals surface area contributed by atoms with Crippen LogP contribution < -0.4 is 11.1 Å². The van der Waals surface area contributed by atoms with Crippen LogP contribution in [0, 0.1) is 0 Å². The summed E-state index contributed by atoms with van der Waals surface area (Å²) in [5.41, 5.74) is 8.28. The minimum absolute atomic E-state index is 0.503. The van der Waals surface area contributed by atoms with Gasteiger partial charge in [0.1, 0.15) is 0 Å². The lowest BCUT2D eigenvalue weighted by Crippen LogP contribution is -2.35. The quantitative estimate of drug-likeness (QED) is 0.599. The number of nitrogens with one attached hydrogen (secondary N) is 1. The highest BCUT2D eigenvalue weighted by Gasteiger charge is 2.29. The van der Waals surface area contributed by atoms with Crippen molar-refractivity contribution in [3.8, 4) is 0 Å². The molecule has 0 aliphatic heterocycles. The zero-order valence-corrected chi connectivity index (χ0v) is 13.5. The van der Waals surface area contributed by atoms with Crippen LogP contribution >= 0.6 is 0 Å². The van der Waals surface area contributed by atoms with Crippen LogP contribution in [0.2, 0.25) is 0 Å². The number of guanidine groups is 1. The van der Waals surface area contributed by atoms with E-state index in [2.05, 4.69) is 48.1 Å². The molecular formula is C17H28N4. The second-order valence-corrected chi connectivity index (χ2v) is 6.01. The fraction of sp³-hybridized carbons (Fsp3) is 0.588. The van der Waals surface area contributed by atoms with Crippen molar-refractivity contribution in [1.29, 1.82) is 0 Å². The Morgan fingerprint density at radius 2 is 2.19 bits per heavy atom. The van der Waals surface area contributed by atoms with Crippen molar-refractivity contribution in [3.63, 3.8) is 0 Å². The molecule has 0 amide bonds. The average molecular weight is 288 g/mol. The van der Waals surface area contributed by atoms with Crippen molar-refractivity contribution in [3.05, 3.63) is 29.8 Å². The monoisotopic (exact) mass is 288 g/mol. The summed E-state index contributed by atoms with van der Waals surface area (Å²) < 4.78 is 0. The Bertz CT molecular complexity index is 475. The third-order valence-corrected chi connectivity index (χ3v) is 3.93. The fourth-order valence-electron chi connectivity index (χ4n) is 2.61.